The number of nitrogens with one attached hydrogen (secondary N) is 2. The zero-order chi connectivity index (χ0) is 18.4. The lowest BCUT2D eigenvalue weighted by Gasteiger charge is -2.08. The van der Waals surface area contributed by atoms with Gasteiger partial charge in [-0.25, -0.2) is 4.79 Å². The van der Waals surface area contributed by atoms with Gasteiger partial charge in [-0.3, -0.25) is 0 Å². The van der Waals surface area contributed by atoms with Crippen LogP contribution in [0.3, 0.4) is 0 Å². The van der Waals surface area contributed by atoms with Gasteiger partial charge in [0.1, 0.15) is 0 Å². The summed E-state index contributed by atoms with van der Waals surface area (Å²) < 4.78 is 4.96. The van der Waals surface area contributed by atoms with Crippen molar-refractivity contribution in [2.45, 2.75) is 6.92 Å². The number of ether oxygens (including phenoxy) is 1. The maximum atomic E-state index is 11.7. The lowest BCUT2D eigenvalue weighted by molar-refractivity contribution is 0.0526. The molecule has 3 rings (SSSR count). The number of esters is 1. The molecule has 0 bridgehead atoms. The van der Waals surface area contributed by atoms with E-state index >= 15 is 0 Å². The second-order valence-electron chi connectivity index (χ2n) is 5.22. The quantitative estimate of drug-likeness (QED) is 0.629. The molecule has 0 atom stereocenters. The number of benzene rings is 2. The van der Waals surface area contributed by atoms with E-state index in [0.717, 1.165) is 11.4 Å². The topological polar surface area (TPSA) is 89.0 Å². The number of nitrogens with zero attached hydrogens (tertiary/aromatic N) is 3. The van der Waals surface area contributed by atoms with Crippen LogP contribution in [0.2, 0.25) is 5.02 Å². The van der Waals surface area contributed by atoms with Gasteiger partial charge in [0.2, 0.25) is 5.95 Å². The van der Waals surface area contributed by atoms with Crippen molar-refractivity contribution in [2.75, 3.05) is 17.2 Å². The first kappa shape index (κ1) is 17.6. The third kappa shape index (κ3) is 4.67. The number of aromatic nitrogens is 3. The van der Waals surface area contributed by atoms with E-state index in [0.29, 0.717) is 29.0 Å². The van der Waals surface area contributed by atoms with Crippen LogP contribution in [0.25, 0.3) is 0 Å². The predicted octanol–water partition coefficient (Wildman–Crippen LogP) is 4.19. The lowest BCUT2D eigenvalue weighted by Crippen LogP contribution is -2.05. The molecule has 0 saturated heterocycles. The minimum Gasteiger partial charge on any atom is -0.462 e. The summed E-state index contributed by atoms with van der Waals surface area (Å²) in [5, 5.41) is 14.6. The third-order valence-corrected chi connectivity index (χ3v) is 3.54. The Labute approximate surface area is 155 Å². The molecule has 3 aromatic rings. The van der Waals surface area contributed by atoms with Crippen molar-refractivity contribution in [3.05, 3.63) is 65.3 Å². The van der Waals surface area contributed by atoms with Crippen molar-refractivity contribution in [1.82, 2.24) is 15.2 Å². The van der Waals surface area contributed by atoms with Crippen molar-refractivity contribution in [2.24, 2.45) is 0 Å². The maximum absolute atomic E-state index is 11.7. The Hall–Kier alpha value is -3.19. The van der Waals surface area contributed by atoms with Crippen LogP contribution < -0.4 is 10.6 Å². The monoisotopic (exact) mass is 369 g/mol. The molecule has 1 aromatic heterocycles. The van der Waals surface area contributed by atoms with Crippen LogP contribution in [0.4, 0.5) is 23.1 Å². The van der Waals surface area contributed by atoms with Gasteiger partial charge in [-0.15, -0.1) is 5.10 Å². The molecule has 2 aromatic carbocycles. The Bertz CT molecular complexity index is 902. The number of rotatable bonds is 6. The van der Waals surface area contributed by atoms with Gasteiger partial charge in [0, 0.05) is 16.4 Å². The molecule has 2 N–H and O–H groups in total. The first-order valence-corrected chi connectivity index (χ1v) is 8.28. The molecule has 0 spiro atoms. The zero-order valence-corrected chi connectivity index (χ0v) is 14.7. The molecule has 7 nitrogen and oxygen atoms in total. The fraction of sp³-hybridized carbons (Fsp3) is 0.111. The van der Waals surface area contributed by atoms with Crippen molar-refractivity contribution in [3.8, 4) is 0 Å². The predicted molar refractivity (Wildman–Crippen MR) is 100 cm³/mol. The van der Waals surface area contributed by atoms with Gasteiger partial charge >= 0.3 is 5.97 Å². The molecule has 8 heteroatoms. The van der Waals surface area contributed by atoms with Crippen LogP contribution in [-0.2, 0) is 4.74 Å². The summed E-state index contributed by atoms with van der Waals surface area (Å²) in [4.78, 5) is 16.0. The fourth-order valence-electron chi connectivity index (χ4n) is 2.16. The second kappa shape index (κ2) is 8.26. The van der Waals surface area contributed by atoms with Crippen LogP contribution >= 0.6 is 11.6 Å². The van der Waals surface area contributed by atoms with Crippen LogP contribution in [0, 0.1) is 0 Å². The number of carbonyl (C=O) groups excluding carboxylic acids is 1. The summed E-state index contributed by atoms with van der Waals surface area (Å²) >= 11 is 5.96. The largest absolute Gasteiger partial charge is 0.462 e. The summed E-state index contributed by atoms with van der Waals surface area (Å²) in [5.41, 5.74) is 2.00. The average Bonchev–Trinajstić information content (AvgIpc) is 2.63. The number of carbonyl (C=O) groups is 1. The van der Waals surface area contributed by atoms with Crippen LogP contribution in [0.5, 0.6) is 0 Å². The molecule has 0 aliphatic heterocycles. The number of hydrogen-bond acceptors (Lipinski definition) is 7. The van der Waals surface area contributed by atoms with Gasteiger partial charge in [0.25, 0.3) is 0 Å². The number of hydrogen-bond donors (Lipinski definition) is 2. The summed E-state index contributed by atoms with van der Waals surface area (Å²) in [6.45, 7) is 2.11. The fourth-order valence-corrected chi connectivity index (χ4v) is 2.35. The van der Waals surface area contributed by atoms with Crippen LogP contribution in [-0.4, -0.2) is 27.8 Å². The Balaban J connectivity index is 1.69. The molecule has 0 fully saturated rings. The molecular formula is C18H16ClN5O2. The molecule has 0 aliphatic rings. The normalized spacial score (nSPS) is 10.2. The van der Waals surface area contributed by atoms with Crippen molar-refractivity contribution >= 4 is 40.7 Å². The second-order valence-corrected chi connectivity index (χ2v) is 5.66. The molecule has 26 heavy (non-hydrogen) atoms. The Kier molecular flexibility index (Phi) is 5.60. The van der Waals surface area contributed by atoms with E-state index < -0.39 is 0 Å². The summed E-state index contributed by atoms with van der Waals surface area (Å²) in [6, 6.07) is 14.1. The SMILES string of the molecule is CCOC(=O)c1ccc(Nc2cnnc(Nc3cccc(Cl)c3)n2)cc1. The van der Waals surface area contributed by atoms with Gasteiger partial charge in [0.15, 0.2) is 5.82 Å². The smallest absolute Gasteiger partial charge is 0.338 e. The molecule has 0 unspecified atom stereocenters. The molecule has 0 radical (unpaired) electrons. The molecule has 0 saturated carbocycles. The minimum absolute atomic E-state index is 0.334. The molecule has 132 valence electrons. The highest BCUT2D eigenvalue weighted by Gasteiger charge is 2.07. The standard InChI is InChI=1S/C18H16ClN5O2/c1-2-26-17(25)12-6-8-14(9-7-12)21-16-11-20-24-18(23-16)22-15-5-3-4-13(19)10-15/h3-11H,2H2,1H3,(H2,21,22,23,24). The summed E-state index contributed by atoms with van der Waals surface area (Å²) in [7, 11) is 0. The molecular weight excluding hydrogens is 354 g/mol. The van der Waals surface area contributed by atoms with E-state index in [1.165, 1.54) is 6.20 Å². The first-order valence-electron chi connectivity index (χ1n) is 7.90. The van der Waals surface area contributed by atoms with Gasteiger partial charge in [0.05, 0.1) is 18.4 Å². The third-order valence-electron chi connectivity index (χ3n) is 3.31. The first-order chi connectivity index (χ1) is 12.6. The van der Waals surface area contributed by atoms with E-state index in [1.54, 1.807) is 43.3 Å². The van der Waals surface area contributed by atoms with Gasteiger partial charge in [-0.1, -0.05) is 17.7 Å². The van der Waals surface area contributed by atoms with Crippen molar-refractivity contribution in [3.63, 3.8) is 0 Å². The van der Waals surface area contributed by atoms with Crippen LogP contribution in [0.1, 0.15) is 17.3 Å². The maximum Gasteiger partial charge on any atom is 0.338 e. The van der Waals surface area contributed by atoms with Gasteiger partial charge < -0.3 is 15.4 Å². The highest BCUT2D eigenvalue weighted by Crippen LogP contribution is 2.19. The molecule has 0 aliphatic carbocycles. The van der Waals surface area contributed by atoms with Crippen molar-refractivity contribution < 1.29 is 9.53 Å². The average molecular weight is 370 g/mol. The number of halogens is 1. The lowest BCUT2D eigenvalue weighted by atomic mass is 10.2. The molecule has 1 heterocycles. The Morgan fingerprint density at radius 3 is 2.65 bits per heavy atom. The van der Waals surface area contributed by atoms with E-state index in [1.807, 2.05) is 12.1 Å². The van der Waals surface area contributed by atoms with E-state index in [9.17, 15) is 4.79 Å². The summed E-state index contributed by atoms with van der Waals surface area (Å²) in [5.74, 6) is 0.490. The molecule has 0 amide bonds. The zero-order valence-electron chi connectivity index (χ0n) is 13.9. The van der Waals surface area contributed by atoms with Crippen LogP contribution in [0.15, 0.2) is 54.7 Å². The van der Waals surface area contributed by atoms with Gasteiger partial charge in [-0.05, 0) is 49.4 Å². The Morgan fingerprint density at radius 1 is 1.12 bits per heavy atom. The summed E-state index contributed by atoms with van der Waals surface area (Å²) in [6.07, 6.45) is 1.50. The minimum atomic E-state index is -0.351. The van der Waals surface area contributed by atoms with Crippen molar-refractivity contribution in [1.29, 1.82) is 0 Å². The van der Waals surface area contributed by atoms with Gasteiger partial charge in [-0.2, -0.15) is 10.1 Å². The highest BCUT2D eigenvalue weighted by molar-refractivity contribution is 6.30. The van der Waals surface area contributed by atoms with E-state index in [4.69, 9.17) is 16.3 Å². The van der Waals surface area contributed by atoms with E-state index in [-0.39, 0.29) is 5.97 Å². The highest BCUT2D eigenvalue weighted by atomic mass is 35.5. The Morgan fingerprint density at radius 2 is 1.92 bits per heavy atom. The van der Waals surface area contributed by atoms with E-state index in [2.05, 4.69) is 25.8 Å². The number of anilines is 4.